The van der Waals surface area contributed by atoms with Gasteiger partial charge in [-0.3, -0.25) is 0 Å². The highest BCUT2D eigenvalue weighted by Gasteiger charge is 2.31. The Morgan fingerprint density at radius 1 is 0.833 bits per heavy atom. The van der Waals surface area contributed by atoms with Crippen molar-refractivity contribution >= 4 is 9.84 Å². The molecule has 0 bridgehead atoms. The van der Waals surface area contributed by atoms with Gasteiger partial charge in [0.2, 0.25) is 5.75 Å². The minimum absolute atomic E-state index is 0.0905. The number of sulfone groups is 1. The van der Waals surface area contributed by atoms with Gasteiger partial charge < -0.3 is 28.8 Å². The van der Waals surface area contributed by atoms with Gasteiger partial charge in [-0.25, -0.2) is 8.42 Å². The van der Waals surface area contributed by atoms with Gasteiger partial charge in [-0.05, 0) is 48.2 Å². The molecule has 1 heterocycles. The molecule has 1 aliphatic rings. The molecule has 30 heavy (non-hydrogen) atoms. The summed E-state index contributed by atoms with van der Waals surface area (Å²) in [7, 11) is 2.37. The van der Waals surface area contributed by atoms with Gasteiger partial charge in [0, 0.05) is 6.26 Å². The average Bonchev–Trinajstić information content (AvgIpc) is 3.22. The summed E-state index contributed by atoms with van der Waals surface area (Å²) in [6.07, 6.45) is 1.81. The fraction of sp³-hybridized carbons (Fsp3) is 0.429. The first-order valence-electron chi connectivity index (χ1n) is 9.29. The second kappa shape index (κ2) is 8.61. The van der Waals surface area contributed by atoms with E-state index in [2.05, 4.69) is 0 Å². The van der Waals surface area contributed by atoms with Crippen LogP contribution in [0.4, 0.5) is 0 Å². The van der Waals surface area contributed by atoms with Gasteiger partial charge >= 0.3 is 0 Å². The molecule has 164 valence electrons. The van der Waals surface area contributed by atoms with Crippen molar-refractivity contribution in [1.29, 1.82) is 0 Å². The molecule has 2 aromatic carbocycles. The van der Waals surface area contributed by atoms with E-state index in [1.807, 2.05) is 12.1 Å². The van der Waals surface area contributed by atoms with Crippen LogP contribution >= 0.6 is 0 Å². The summed E-state index contributed by atoms with van der Waals surface area (Å²) >= 11 is 0. The molecule has 0 spiro atoms. The number of hydrogen-bond donors (Lipinski definition) is 1. The number of phenols is 1. The van der Waals surface area contributed by atoms with Crippen LogP contribution in [0.25, 0.3) is 0 Å². The Morgan fingerprint density at radius 3 is 1.73 bits per heavy atom. The molecule has 1 saturated heterocycles. The zero-order valence-corrected chi connectivity index (χ0v) is 18.4. The molecule has 2 atom stereocenters. The van der Waals surface area contributed by atoms with Crippen molar-refractivity contribution in [3.63, 3.8) is 0 Å². The molecule has 2 aromatic rings. The Balaban J connectivity index is 1.94. The Kier molecular flexibility index (Phi) is 6.33. The van der Waals surface area contributed by atoms with Crippen molar-refractivity contribution < 1.29 is 37.2 Å². The lowest BCUT2D eigenvalue weighted by molar-refractivity contribution is 0.0435. The molecule has 0 amide bonds. The number of methoxy groups -OCH3 is 4. The van der Waals surface area contributed by atoms with E-state index in [1.165, 1.54) is 13.2 Å². The minimum atomic E-state index is -3.64. The first-order chi connectivity index (χ1) is 14.2. The predicted octanol–water partition coefficient (Wildman–Crippen LogP) is 3.42. The van der Waals surface area contributed by atoms with Gasteiger partial charge in [0.05, 0.1) is 40.6 Å². The minimum Gasteiger partial charge on any atom is -0.503 e. The summed E-state index contributed by atoms with van der Waals surface area (Å²) in [5.74, 6) is 1.25. The normalized spacial score (nSPS) is 18.8. The Bertz CT molecular complexity index is 1010. The van der Waals surface area contributed by atoms with Crippen LogP contribution in [-0.4, -0.2) is 48.2 Å². The highest BCUT2D eigenvalue weighted by Crippen LogP contribution is 2.47. The van der Waals surface area contributed by atoms with E-state index in [0.717, 1.165) is 11.8 Å². The van der Waals surface area contributed by atoms with E-state index in [1.54, 1.807) is 27.4 Å². The van der Waals surface area contributed by atoms with Crippen molar-refractivity contribution in [2.75, 3.05) is 34.7 Å². The molecular weight excluding hydrogens is 412 g/mol. The number of hydrogen-bond acceptors (Lipinski definition) is 8. The Labute approximate surface area is 176 Å². The summed E-state index contributed by atoms with van der Waals surface area (Å²) in [5, 5.41) is 10.2. The van der Waals surface area contributed by atoms with Crippen LogP contribution < -0.4 is 18.9 Å². The van der Waals surface area contributed by atoms with E-state index >= 15 is 0 Å². The molecule has 0 unspecified atom stereocenters. The van der Waals surface area contributed by atoms with E-state index in [-0.39, 0.29) is 22.9 Å². The topological polar surface area (TPSA) is 101 Å². The fourth-order valence-corrected chi connectivity index (χ4v) is 4.44. The molecule has 1 aliphatic heterocycles. The standard InChI is InChI=1S/C21H26O8S/c1-25-16-8-13(11-19(20(16)22)30(5,23)24)15-7-6-14(29-15)12-9-17(26-2)21(28-4)18(10-12)27-3/h8-11,14-15,22H,6-7H2,1-5H3/t14-,15-/m1/s1. The SMILES string of the molecule is COc1cc([C@H]2CC[C@H](c3cc(OC)c(OC)c(OC)c3)O2)cc(S(C)(=O)=O)c1O. The summed E-state index contributed by atoms with van der Waals surface area (Å²) in [5.41, 5.74) is 1.49. The van der Waals surface area contributed by atoms with Crippen LogP contribution in [0, 0.1) is 0 Å². The Hall–Kier alpha value is -2.65. The first-order valence-corrected chi connectivity index (χ1v) is 11.2. The molecule has 1 N–H and O–H groups in total. The van der Waals surface area contributed by atoms with Crippen molar-refractivity contribution in [2.45, 2.75) is 29.9 Å². The lowest BCUT2D eigenvalue weighted by Crippen LogP contribution is -2.05. The van der Waals surface area contributed by atoms with Crippen LogP contribution in [0.2, 0.25) is 0 Å². The number of aromatic hydroxyl groups is 1. The van der Waals surface area contributed by atoms with Crippen molar-refractivity contribution in [2.24, 2.45) is 0 Å². The smallest absolute Gasteiger partial charge is 0.203 e. The molecule has 8 nitrogen and oxygen atoms in total. The van der Waals surface area contributed by atoms with Gasteiger partial charge in [-0.1, -0.05) is 0 Å². The van der Waals surface area contributed by atoms with E-state index in [4.69, 9.17) is 23.7 Å². The first kappa shape index (κ1) is 22.0. The van der Waals surface area contributed by atoms with Crippen molar-refractivity contribution in [3.8, 4) is 28.7 Å². The van der Waals surface area contributed by atoms with Crippen molar-refractivity contribution in [3.05, 3.63) is 35.4 Å². The van der Waals surface area contributed by atoms with E-state index in [9.17, 15) is 13.5 Å². The van der Waals surface area contributed by atoms with E-state index < -0.39 is 15.6 Å². The summed E-state index contributed by atoms with van der Waals surface area (Å²) in [6.45, 7) is 0. The summed E-state index contributed by atoms with van der Waals surface area (Å²) in [6, 6.07) is 6.73. The van der Waals surface area contributed by atoms with Gasteiger partial charge in [-0.2, -0.15) is 0 Å². The monoisotopic (exact) mass is 438 g/mol. The van der Waals surface area contributed by atoms with Crippen LogP contribution in [-0.2, 0) is 14.6 Å². The van der Waals surface area contributed by atoms with Crippen LogP contribution in [0.15, 0.2) is 29.2 Å². The third-order valence-corrected chi connectivity index (χ3v) is 6.24. The van der Waals surface area contributed by atoms with Gasteiger partial charge in [-0.15, -0.1) is 0 Å². The number of ether oxygens (including phenoxy) is 5. The van der Waals surface area contributed by atoms with Gasteiger partial charge in [0.15, 0.2) is 32.8 Å². The third kappa shape index (κ3) is 4.13. The number of rotatable bonds is 7. The fourth-order valence-electron chi connectivity index (χ4n) is 3.64. The molecule has 0 aliphatic carbocycles. The average molecular weight is 438 g/mol. The maximum absolute atomic E-state index is 12.1. The third-order valence-electron chi connectivity index (χ3n) is 5.13. The van der Waals surface area contributed by atoms with Crippen molar-refractivity contribution in [1.82, 2.24) is 0 Å². The lowest BCUT2D eigenvalue weighted by atomic mass is 10.0. The number of benzene rings is 2. The highest BCUT2D eigenvalue weighted by atomic mass is 32.2. The van der Waals surface area contributed by atoms with Gasteiger partial charge in [0.25, 0.3) is 0 Å². The molecule has 0 radical (unpaired) electrons. The molecule has 3 rings (SSSR count). The molecular formula is C21H26O8S. The molecule has 0 saturated carbocycles. The lowest BCUT2D eigenvalue weighted by Gasteiger charge is -2.19. The van der Waals surface area contributed by atoms with Crippen LogP contribution in [0.5, 0.6) is 28.7 Å². The van der Waals surface area contributed by atoms with Gasteiger partial charge in [0.1, 0.15) is 4.90 Å². The van der Waals surface area contributed by atoms with E-state index in [0.29, 0.717) is 35.7 Å². The second-order valence-electron chi connectivity index (χ2n) is 6.99. The molecule has 1 fully saturated rings. The molecule has 0 aromatic heterocycles. The summed E-state index contributed by atoms with van der Waals surface area (Å²) < 4.78 is 51.7. The highest BCUT2D eigenvalue weighted by molar-refractivity contribution is 7.90. The zero-order chi connectivity index (χ0) is 22.1. The maximum atomic E-state index is 12.1. The number of phenolic OH excluding ortho intramolecular Hbond substituents is 1. The largest absolute Gasteiger partial charge is 0.503 e. The molecule has 9 heteroatoms. The second-order valence-corrected chi connectivity index (χ2v) is 8.98. The Morgan fingerprint density at radius 2 is 1.30 bits per heavy atom. The predicted molar refractivity (Wildman–Crippen MR) is 110 cm³/mol. The summed E-state index contributed by atoms with van der Waals surface area (Å²) in [4.78, 5) is -0.184. The van der Waals surface area contributed by atoms with Crippen LogP contribution in [0.3, 0.4) is 0 Å². The zero-order valence-electron chi connectivity index (χ0n) is 17.6. The van der Waals surface area contributed by atoms with Crippen LogP contribution in [0.1, 0.15) is 36.2 Å². The maximum Gasteiger partial charge on any atom is 0.203 e. The quantitative estimate of drug-likeness (QED) is 0.702.